The summed E-state index contributed by atoms with van der Waals surface area (Å²) < 4.78 is 33.5. The quantitative estimate of drug-likeness (QED) is 0.911. The molecule has 24 heavy (non-hydrogen) atoms. The van der Waals surface area contributed by atoms with Crippen LogP contribution in [0.25, 0.3) is 11.1 Å². The molecule has 1 heterocycles. The number of aryl methyl sites for hydroxylation is 3. The molecule has 0 aliphatic rings. The zero-order valence-electron chi connectivity index (χ0n) is 15.1. The lowest BCUT2D eigenvalue weighted by atomic mass is 9.89. The second-order valence-corrected chi connectivity index (χ2v) is 8.90. The number of hydrogen-bond acceptors (Lipinski definition) is 4. The van der Waals surface area contributed by atoms with Crippen LogP contribution in [-0.4, -0.2) is 19.6 Å². The third-order valence-electron chi connectivity index (χ3n) is 4.14. The first-order chi connectivity index (χ1) is 10.9. The van der Waals surface area contributed by atoms with Gasteiger partial charge < -0.3 is 4.52 Å². The van der Waals surface area contributed by atoms with Gasteiger partial charge in [0.25, 0.3) is 0 Å². The van der Waals surface area contributed by atoms with Crippen LogP contribution in [0.1, 0.15) is 37.8 Å². The monoisotopic (exact) mass is 349 g/mol. The van der Waals surface area contributed by atoms with Gasteiger partial charge in [0.2, 0.25) is 10.0 Å². The lowest BCUT2D eigenvalue weighted by Crippen LogP contribution is -2.41. The number of hydrogen-bond donors (Lipinski definition) is 1. The normalized spacial score (nSPS) is 14.0. The summed E-state index contributed by atoms with van der Waals surface area (Å²) in [6.45, 7) is 15.2. The van der Waals surface area contributed by atoms with Crippen LogP contribution in [0, 0.1) is 33.1 Å². The topological polar surface area (TPSA) is 72.2 Å². The summed E-state index contributed by atoms with van der Waals surface area (Å²) in [4.78, 5) is 0.248. The molecule has 0 saturated carbocycles. The summed E-state index contributed by atoms with van der Waals surface area (Å²) in [5.74, 6) is 0.664. The third-order valence-corrected chi connectivity index (χ3v) is 5.76. The minimum atomic E-state index is -3.68. The molecule has 131 valence electrons. The minimum Gasteiger partial charge on any atom is -0.361 e. The molecule has 1 unspecified atom stereocenters. The van der Waals surface area contributed by atoms with E-state index in [2.05, 4.69) is 16.8 Å². The predicted octanol–water partition coefficient (Wildman–Crippen LogP) is 3.79. The van der Waals surface area contributed by atoms with Crippen LogP contribution >= 0.6 is 0 Å². The molecule has 0 saturated heterocycles. The van der Waals surface area contributed by atoms with Crippen molar-refractivity contribution in [1.82, 2.24) is 9.88 Å². The van der Waals surface area contributed by atoms with Crippen LogP contribution < -0.4 is 4.72 Å². The van der Waals surface area contributed by atoms with E-state index in [0.717, 1.165) is 16.8 Å². The molecular weight excluding hydrogens is 324 g/mol. The summed E-state index contributed by atoms with van der Waals surface area (Å²) in [5.41, 5.74) is 2.74. The molecule has 1 aromatic heterocycles. The summed E-state index contributed by atoms with van der Waals surface area (Å²) in [6.07, 6.45) is 0. The Morgan fingerprint density at radius 2 is 1.83 bits per heavy atom. The molecule has 2 aromatic rings. The van der Waals surface area contributed by atoms with E-state index < -0.39 is 16.1 Å². The van der Waals surface area contributed by atoms with Crippen LogP contribution in [-0.2, 0) is 10.0 Å². The van der Waals surface area contributed by atoms with Gasteiger partial charge in [-0.1, -0.05) is 38.1 Å². The molecule has 0 fully saturated rings. The van der Waals surface area contributed by atoms with Crippen molar-refractivity contribution < 1.29 is 12.9 Å². The number of benzene rings is 1. The zero-order valence-corrected chi connectivity index (χ0v) is 15.9. The van der Waals surface area contributed by atoms with E-state index in [1.165, 1.54) is 0 Å². The van der Waals surface area contributed by atoms with Crippen molar-refractivity contribution in [2.45, 2.75) is 52.5 Å². The van der Waals surface area contributed by atoms with Crippen LogP contribution in [0.15, 0.2) is 27.6 Å². The van der Waals surface area contributed by atoms with Gasteiger partial charge in [-0.2, -0.15) is 0 Å². The Morgan fingerprint density at radius 1 is 1.21 bits per heavy atom. The van der Waals surface area contributed by atoms with Gasteiger partial charge in [0.1, 0.15) is 5.76 Å². The molecule has 1 aromatic carbocycles. The lowest BCUT2D eigenvalue weighted by Gasteiger charge is -2.28. The molecule has 6 heteroatoms. The van der Waals surface area contributed by atoms with Gasteiger partial charge in [0.15, 0.2) is 0 Å². The van der Waals surface area contributed by atoms with Crippen molar-refractivity contribution >= 4 is 10.0 Å². The Balaban J connectivity index is 2.49. The zero-order chi connectivity index (χ0) is 18.3. The highest BCUT2D eigenvalue weighted by Crippen LogP contribution is 2.30. The highest BCUT2D eigenvalue weighted by molar-refractivity contribution is 7.89. The van der Waals surface area contributed by atoms with Gasteiger partial charge in [-0.15, -0.1) is 0 Å². The Morgan fingerprint density at radius 3 is 2.33 bits per heavy atom. The van der Waals surface area contributed by atoms with E-state index in [4.69, 9.17) is 4.52 Å². The molecule has 0 bridgehead atoms. The lowest BCUT2D eigenvalue weighted by molar-refractivity contribution is 0.342. The molecule has 1 radical (unpaired) electrons. The molecule has 5 nitrogen and oxygen atoms in total. The predicted molar refractivity (Wildman–Crippen MR) is 95.1 cm³/mol. The van der Waals surface area contributed by atoms with Crippen molar-refractivity contribution in [3.8, 4) is 11.1 Å². The Kier molecular flexibility index (Phi) is 4.93. The van der Waals surface area contributed by atoms with Gasteiger partial charge in [-0.3, -0.25) is 0 Å². The third kappa shape index (κ3) is 3.70. The molecule has 0 aliphatic carbocycles. The maximum absolute atomic E-state index is 12.8. The average molecular weight is 349 g/mol. The van der Waals surface area contributed by atoms with Gasteiger partial charge in [0.05, 0.1) is 10.6 Å². The van der Waals surface area contributed by atoms with Gasteiger partial charge in [-0.05, 0) is 50.3 Å². The fourth-order valence-electron chi connectivity index (χ4n) is 2.37. The van der Waals surface area contributed by atoms with Gasteiger partial charge in [-0.25, -0.2) is 13.1 Å². The van der Waals surface area contributed by atoms with E-state index in [9.17, 15) is 8.42 Å². The minimum absolute atomic E-state index is 0.248. The Bertz CT molecular complexity index is 826. The SMILES string of the molecule is [CH2]C(NS(=O)(=O)c1cc(-c2c(C)noc2C)ccc1C)C(C)(C)C. The molecular formula is C18H25N2O3S. The van der Waals surface area contributed by atoms with Crippen molar-refractivity contribution in [2.24, 2.45) is 5.41 Å². The first-order valence-corrected chi connectivity index (χ1v) is 9.31. The van der Waals surface area contributed by atoms with E-state index >= 15 is 0 Å². The smallest absolute Gasteiger partial charge is 0.241 e. The van der Waals surface area contributed by atoms with E-state index in [0.29, 0.717) is 11.3 Å². The Hall–Kier alpha value is -1.66. The van der Waals surface area contributed by atoms with Crippen molar-refractivity contribution in [3.05, 3.63) is 42.1 Å². The molecule has 1 atom stereocenters. The van der Waals surface area contributed by atoms with Crippen LogP contribution in [0.5, 0.6) is 0 Å². The molecule has 0 aliphatic heterocycles. The summed E-state index contributed by atoms with van der Waals surface area (Å²) >= 11 is 0. The van der Waals surface area contributed by atoms with Crippen LogP contribution in [0.2, 0.25) is 0 Å². The summed E-state index contributed by atoms with van der Waals surface area (Å²) in [5, 5.41) is 3.94. The van der Waals surface area contributed by atoms with E-state index in [1.807, 2.05) is 40.7 Å². The maximum Gasteiger partial charge on any atom is 0.241 e. The maximum atomic E-state index is 12.8. The average Bonchev–Trinajstić information content (AvgIpc) is 2.77. The first kappa shape index (κ1) is 18.7. The van der Waals surface area contributed by atoms with E-state index in [1.54, 1.807) is 19.1 Å². The molecule has 0 amide bonds. The molecule has 1 N–H and O–H groups in total. The highest BCUT2D eigenvalue weighted by Gasteiger charge is 2.27. The fourth-order valence-corrected chi connectivity index (χ4v) is 4.00. The van der Waals surface area contributed by atoms with Crippen molar-refractivity contribution in [2.75, 3.05) is 0 Å². The summed E-state index contributed by atoms with van der Waals surface area (Å²) in [7, 11) is -3.68. The number of rotatable bonds is 4. The van der Waals surface area contributed by atoms with Crippen LogP contribution in [0.4, 0.5) is 0 Å². The fraction of sp³-hybridized carbons (Fsp3) is 0.444. The van der Waals surface area contributed by atoms with Crippen LogP contribution in [0.3, 0.4) is 0 Å². The largest absolute Gasteiger partial charge is 0.361 e. The molecule has 0 spiro atoms. The standard InChI is InChI=1S/C18H25N2O3S/c1-11-8-9-15(17-12(2)19-23-13(17)3)10-16(11)24(21,22)20-14(4)18(5,6)7/h8-10,14,20H,4H2,1-3,5-7H3. The van der Waals surface area contributed by atoms with Crippen molar-refractivity contribution in [1.29, 1.82) is 0 Å². The van der Waals surface area contributed by atoms with Crippen molar-refractivity contribution in [3.63, 3.8) is 0 Å². The molecule has 2 rings (SSSR count). The summed E-state index contributed by atoms with van der Waals surface area (Å²) in [6, 6.07) is 4.90. The second kappa shape index (κ2) is 6.33. The van der Waals surface area contributed by atoms with Gasteiger partial charge >= 0.3 is 0 Å². The number of nitrogens with one attached hydrogen (secondary N) is 1. The highest BCUT2D eigenvalue weighted by atomic mass is 32.2. The van der Waals surface area contributed by atoms with E-state index in [-0.39, 0.29) is 10.3 Å². The van der Waals surface area contributed by atoms with Gasteiger partial charge in [0, 0.05) is 11.6 Å². The Labute approximate surface area is 144 Å². The second-order valence-electron chi connectivity index (χ2n) is 7.22. The first-order valence-electron chi connectivity index (χ1n) is 7.83. The number of nitrogens with zero attached hydrogens (tertiary/aromatic N) is 1. The number of aromatic nitrogens is 1. The number of sulfonamides is 1.